The van der Waals surface area contributed by atoms with Crippen molar-refractivity contribution in [2.75, 3.05) is 11.9 Å². The number of aryl methyl sites for hydroxylation is 1. The Morgan fingerprint density at radius 2 is 1.58 bits per heavy atom. The first kappa shape index (κ1) is 22.3. The summed E-state index contributed by atoms with van der Waals surface area (Å²) in [7, 11) is 0. The largest absolute Gasteiger partial charge is 0.367 e. The Morgan fingerprint density at radius 1 is 0.879 bits per heavy atom. The van der Waals surface area contributed by atoms with Crippen molar-refractivity contribution in [2.24, 2.45) is 0 Å². The molecule has 4 rings (SSSR count). The fourth-order valence-electron chi connectivity index (χ4n) is 3.78. The SMILES string of the molecule is CCn1c(C(=O)NCc2ccccc2)cc2cc(NC(=O)COCc3ccccc3)ccc21. The van der Waals surface area contributed by atoms with Crippen LogP contribution in [0.4, 0.5) is 5.69 Å². The minimum Gasteiger partial charge on any atom is -0.367 e. The molecule has 2 N–H and O–H groups in total. The number of carbonyl (C=O) groups excluding carboxylic acids is 2. The van der Waals surface area contributed by atoms with E-state index in [9.17, 15) is 9.59 Å². The fourth-order valence-corrected chi connectivity index (χ4v) is 3.78. The average Bonchev–Trinajstić information content (AvgIpc) is 3.22. The van der Waals surface area contributed by atoms with Crippen LogP contribution in [-0.4, -0.2) is 23.0 Å². The highest BCUT2D eigenvalue weighted by molar-refractivity contribution is 6.00. The van der Waals surface area contributed by atoms with Gasteiger partial charge in [0.05, 0.1) is 6.61 Å². The lowest BCUT2D eigenvalue weighted by Crippen LogP contribution is -2.25. The van der Waals surface area contributed by atoms with Crippen LogP contribution in [0.2, 0.25) is 0 Å². The molecule has 0 saturated carbocycles. The molecule has 0 fully saturated rings. The summed E-state index contributed by atoms with van der Waals surface area (Å²) < 4.78 is 7.48. The van der Waals surface area contributed by atoms with Crippen LogP contribution in [0.3, 0.4) is 0 Å². The number of hydrogen-bond acceptors (Lipinski definition) is 3. The summed E-state index contributed by atoms with van der Waals surface area (Å²) >= 11 is 0. The van der Waals surface area contributed by atoms with Crippen LogP contribution in [0, 0.1) is 0 Å². The lowest BCUT2D eigenvalue weighted by molar-refractivity contribution is -0.121. The van der Waals surface area contributed by atoms with Crippen molar-refractivity contribution in [1.82, 2.24) is 9.88 Å². The number of rotatable bonds is 9. The third-order valence-electron chi connectivity index (χ3n) is 5.37. The van der Waals surface area contributed by atoms with Gasteiger partial charge in [-0.05, 0) is 42.3 Å². The Morgan fingerprint density at radius 3 is 2.27 bits per heavy atom. The Balaban J connectivity index is 1.40. The van der Waals surface area contributed by atoms with Crippen LogP contribution < -0.4 is 10.6 Å². The smallest absolute Gasteiger partial charge is 0.268 e. The van der Waals surface area contributed by atoms with Crippen molar-refractivity contribution in [3.63, 3.8) is 0 Å². The predicted molar refractivity (Wildman–Crippen MR) is 130 cm³/mol. The van der Waals surface area contributed by atoms with Crippen LogP contribution in [0.15, 0.2) is 84.9 Å². The zero-order valence-corrected chi connectivity index (χ0v) is 18.6. The Hall–Kier alpha value is -3.90. The van der Waals surface area contributed by atoms with E-state index in [1.807, 2.05) is 96.4 Å². The van der Waals surface area contributed by atoms with Crippen molar-refractivity contribution in [1.29, 1.82) is 0 Å². The second-order valence-electron chi connectivity index (χ2n) is 7.74. The number of hydrogen-bond donors (Lipinski definition) is 2. The highest BCUT2D eigenvalue weighted by Gasteiger charge is 2.15. The molecule has 6 heteroatoms. The zero-order chi connectivity index (χ0) is 23.0. The predicted octanol–water partition coefficient (Wildman–Crippen LogP) is 4.75. The highest BCUT2D eigenvalue weighted by atomic mass is 16.5. The average molecular weight is 442 g/mol. The van der Waals surface area contributed by atoms with Gasteiger partial charge in [0.25, 0.3) is 5.91 Å². The number of anilines is 1. The quantitative estimate of drug-likeness (QED) is 0.394. The number of ether oxygens (including phenoxy) is 1. The van der Waals surface area contributed by atoms with E-state index in [0.717, 1.165) is 22.0 Å². The van der Waals surface area contributed by atoms with Gasteiger partial charge in [-0.2, -0.15) is 0 Å². The molecule has 0 saturated heterocycles. The van der Waals surface area contributed by atoms with Crippen LogP contribution in [0.1, 0.15) is 28.5 Å². The van der Waals surface area contributed by atoms with Crippen molar-refractivity contribution in [2.45, 2.75) is 26.6 Å². The summed E-state index contributed by atoms with van der Waals surface area (Å²) in [5, 5.41) is 6.75. The normalized spacial score (nSPS) is 10.8. The Labute approximate surface area is 193 Å². The number of amides is 2. The summed E-state index contributed by atoms with van der Waals surface area (Å²) in [4.78, 5) is 25.1. The van der Waals surface area contributed by atoms with Crippen LogP contribution in [0.5, 0.6) is 0 Å². The van der Waals surface area contributed by atoms with Crippen molar-refractivity contribution >= 4 is 28.4 Å². The minimum atomic E-state index is -0.221. The molecule has 1 aromatic heterocycles. The maximum atomic E-state index is 12.8. The number of fused-ring (bicyclic) bond motifs is 1. The van der Waals surface area contributed by atoms with E-state index in [-0.39, 0.29) is 18.4 Å². The number of aromatic nitrogens is 1. The van der Waals surface area contributed by atoms with Gasteiger partial charge in [0.15, 0.2) is 0 Å². The first-order chi connectivity index (χ1) is 16.1. The Bertz CT molecular complexity index is 1230. The minimum absolute atomic E-state index is 0.0317. The van der Waals surface area contributed by atoms with Crippen molar-refractivity contribution in [3.8, 4) is 0 Å². The lowest BCUT2D eigenvalue weighted by atomic mass is 10.2. The number of nitrogens with zero attached hydrogens (tertiary/aromatic N) is 1. The van der Waals surface area contributed by atoms with Gasteiger partial charge in [-0.1, -0.05) is 60.7 Å². The van der Waals surface area contributed by atoms with E-state index in [2.05, 4.69) is 10.6 Å². The van der Waals surface area contributed by atoms with Gasteiger partial charge in [0.2, 0.25) is 5.91 Å². The molecular weight excluding hydrogens is 414 g/mol. The van der Waals surface area contributed by atoms with Crippen molar-refractivity contribution < 1.29 is 14.3 Å². The monoisotopic (exact) mass is 441 g/mol. The lowest BCUT2D eigenvalue weighted by Gasteiger charge is -2.09. The van der Waals surface area contributed by atoms with Gasteiger partial charge in [-0.25, -0.2) is 0 Å². The molecular formula is C27H27N3O3. The van der Waals surface area contributed by atoms with E-state index in [4.69, 9.17) is 4.74 Å². The Kier molecular flexibility index (Phi) is 7.17. The molecule has 0 radical (unpaired) electrons. The van der Waals surface area contributed by atoms with Gasteiger partial charge >= 0.3 is 0 Å². The second kappa shape index (κ2) is 10.6. The molecule has 0 aliphatic rings. The molecule has 3 aromatic carbocycles. The van der Waals surface area contributed by atoms with Gasteiger partial charge in [-0.3, -0.25) is 9.59 Å². The third-order valence-corrected chi connectivity index (χ3v) is 5.37. The molecule has 1 heterocycles. The standard InChI is InChI=1S/C27H27N3O3/c1-2-30-24-14-13-23(29-26(31)19-33-18-21-11-7-4-8-12-21)15-22(24)16-25(30)27(32)28-17-20-9-5-3-6-10-20/h3-16H,2,17-19H2,1H3,(H,28,32)(H,29,31). The fraction of sp³-hybridized carbons (Fsp3) is 0.185. The molecule has 2 amide bonds. The molecule has 4 aromatic rings. The van der Waals surface area contributed by atoms with E-state index < -0.39 is 0 Å². The first-order valence-corrected chi connectivity index (χ1v) is 11.0. The van der Waals surface area contributed by atoms with Gasteiger partial charge < -0.3 is 19.9 Å². The molecule has 6 nitrogen and oxygen atoms in total. The molecule has 168 valence electrons. The van der Waals surface area contributed by atoms with Crippen LogP contribution >= 0.6 is 0 Å². The number of carbonyl (C=O) groups is 2. The molecule has 0 aliphatic heterocycles. The van der Waals surface area contributed by atoms with E-state index in [1.54, 1.807) is 0 Å². The van der Waals surface area contributed by atoms with Crippen molar-refractivity contribution in [3.05, 3.63) is 102 Å². The van der Waals surface area contributed by atoms with E-state index in [0.29, 0.717) is 31.1 Å². The summed E-state index contributed by atoms with van der Waals surface area (Å²) in [6.45, 7) is 3.49. The van der Waals surface area contributed by atoms with Gasteiger partial charge in [0.1, 0.15) is 12.3 Å². The summed E-state index contributed by atoms with van der Waals surface area (Å²) in [6.07, 6.45) is 0. The summed E-state index contributed by atoms with van der Waals surface area (Å²) in [5.74, 6) is -0.349. The summed E-state index contributed by atoms with van der Waals surface area (Å²) in [5.41, 5.74) is 4.27. The zero-order valence-electron chi connectivity index (χ0n) is 18.6. The van der Waals surface area contributed by atoms with Crippen LogP contribution in [0.25, 0.3) is 10.9 Å². The molecule has 0 bridgehead atoms. The maximum Gasteiger partial charge on any atom is 0.268 e. The topological polar surface area (TPSA) is 72.4 Å². The highest BCUT2D eigenvalue weighted by Crippen LogP contribution is 2.24. The molecule has 0 aliphatic carbocycles. The first-order valence-electron chi connectivity index (χ1n) is 11.0. The van der Waals surface area contributed by atoms with E-state index in [1.165, 1.54) is 0 Å². The van der Waals surface area contributed by atoms with Gasteiger partial charge in [0, 0.05) is 29.7 Å². The molecule has 0 unspecified atom stereocenters. The second-order valence-corrected chi connectivity index (χ2v) is 7.74. The molecule has 0 atom stereocenters. The maximum absolute atomic E-state index is 12.8. The number of nitrogens with one attached hydrogen (secondary N) is 2. The molecule has 0 spiro atoms. The summed E-state index contributed by atoms with van der Waals surface area (Å²) in [6, 6.07) is 27.0. The van der Waals surface area contributed by atoms with E-state index >= 15 is 0 Å². The molecule has 33 heavy (non-hydrogen) atoms. The van der Waals surface area contributed by atoms with Gasteiger partial charge in [-0.15, -0.1) is 0 Å². The number of benzene rings is 3. The van der Waals surface area contributed by atoms with Crippen LogP contribution in [-0.2, 0) is 29.2 Å². The third kappa shape index (κ3) is 5.67.